The molecule has 0 radical (unpaired) electrons. The Morgan fingerprint density at radius 2 is 1.53 bits per heavy atom. The number of nitriles is 1. The molecule has 0 N–H and O–H groups in total. The number of hydrogen-bond acceptors (Lipinski definition) is 6. The molecule has 1 aromatic heterocycles. The summed E-state index contributed by atoms with van der Waals surface area (Å²) in [5.74, 6) is 0.306. The lowest BCUT2D eigenvalue weighted by Crippen LogP contribution is -2.46. The lowest BCUT2D eigenvalue weighted by Gasteiger charge is -2.36. The monoisotopic (exact) mass is 477 g/mol. The van der Waals surface area contributed by atoms with Gasteiger partial charge in [-0.1, -0.05) is 66.7 Å². The summed E-state index contributed by atoms with van der Waals surface area (Å²) in [7, 11) is 0. The van der Waals surface area contributed by atoms with E-state index in [4.69, 9.17) is 4.74 Å². The Bertz CT molecular complexity index is 1410. The number of ether oxygens (including phenoxy) is 1. The van der Waals surface area contributed by atoms with Crippen molar-refractivity contribution in [2.45, 2.75) is 13.2 Å². The van der Waals surface area contributed by atoms with E-state index in [1.165, 1.54) is 4.68 Å². The predicted molar refractivity (Wildman–Crippen MR) is 139 cm³/mol. The van der Waals surface area contributed by atoms with Gasteiger partial charge in [-0.3, -0.25) is 9.69 Å². The van der Waals surface area contributed by atoms with Gasteiger partial charge in [-0.2, -0.15) is 15.0 Å². The summed E-state index contributed by atoms with van der Waals surface area (Å²) >= 11 is 0. The highest BCUT2D eigenvalue weighted by Crippen LogP contribution is 2.27. The lowest BCUT2D eigenvalue weighted by atomic mass is 10.1. The van der Waals surface area contributed by atoms with Crippen LogP contribution in [0.15, 0.2) is 95.9 Å². The molecular weight excluding hydrogens is 450 g/mol. The number of benzene rings is 3. The fourth-order valence-corrected chi connectivity index (χ4v) is 4.43. The first kappa shape index (κ1) is 23.3. The van der Waals surface area contributed by atoms with Crippen LogP contribution in [0, 0.1) is 11.3 Å². The second-order valence-electron chi connectivity index (χ2n) is 8.72. The molecule has 7 heteroatoms. The third kappa shape index (κ3) is 5.14. The predicted octanol–water partition coefficient (Wildman–Crippen LogP) is 4.01. The van der Waals surface area contributed by atoms with Crippen molar-refractivity contribution in [3.8, 4) is 17.5 Å². The van der Waals surface area contributed by atoms with Gasteiger partial charge in [0.2, 0.25) is 5.75 Å². The van der Waals surface area contributed by atoms with Crippen LogP contribution in [0.1, 0.15) is 16.7 Å². The Kier molecular flexibility index (Phi) is 7.06. The minimum Gasteiger partial charge on any atom is -0.481 e. The Morgan fingerprint density at radius 3 is 2.25 bits per heavy atom. The molecule has 0 atom stereocenters. The Balaban J connectivity index is 1.38. The third-order valence-electron chi connectivity index (χ3n) is 6.39. The summed E-state index contributed by atoms with van der Waals surface area (Å²) in [4.78, 5) is 18.0. The number of piperazine rings is 1. The zero-order valence-electron chi connectivity index (χ0n) is 20.0. The van der Waals surface area contributed by atoms with Crippen molar-refractivity contribution in [1.82, 2.24) is 14.7 Å². The smallest absolute Gasteiger partial charge is 0.316 e. The van der Waals surface area contributed by atoms with Crippen LogP contribution in [0.2, 0.25) is 0 Å². The van der Waals surface area contributed by atoms with E-state index in [0.717, 1.165) is 43.9 Å². The molecule has 7 nitrogen and oxygen atoms in total. The average Bonchev–Trinajstić information content (AvgIpc) is 2.94. The molecule has 1 aliphatic heterocycles. The molecule has 180 valence electrons. The molecule has 1 fully saturated rings. The lowest BCUT2D eigenvalue weighted by molar-refractivity contribution is 0.247. The van der Waals surface area contributed by atoms with Gasteiger partial charge >= 0.3 is 5.56 Å². The first-order valence-electron chi connectivity index (χ1n) is 12.0. The number of nitrogens with zero attached hydrogens (tertiary/aromatic N) is 5. The summed E-state index contributed by atoms with van der Waals surface area (Å²) in [6, 6.07) is 29.2. The SMILES string of the molecule is N#Cc1ccccc1CN1CCN(c2cnn(-c3ccccc3)c(=O)c2OCc2ccccc2)CC1. The van der Waals surface area contributed by atoms with Gasteiger partial charge in [-0.15, -0.1) is 0 Å². The molecule has 3 aromatic carbocycles. The van der Waals surface area contributed by atoms with E-state index in [9.17, 15) is 10.1 Å². The molecule has 1 aliphatic rings. The van der Waals surface area contributed by atoms with Gasteiger partial charge in [0, 0.05) is 32.7 Å². The van der Waals surface area contributed by atoms with Crippen LogP contribution >= 0.6 is 0 Å². The summed E-state index contributed by atoms with van der Waals surface area (Å²) in [5, 5.41) is 13.9. The molecular formula is C29H27N5O2. The van der Waals surface area contributed by atoms with Crippen molar-refractivity contribution >= 4 is 5.69 Å². The highest BCUT2D eigenvalue weighted by Gasteiger charge is 2.24. The molecule has 1 saturated heterocycles. The summed E-state index contributed by atoms with van der Waals surface area (Å²) < 4.78 is 7.55. The standard InChI is InChI=1S/C29H27N5O2/c30-19-24-11-7-8-12-25(24)21-32-15-17-33(18-16-32)27-20-31-34(26-13-5-2-6-14-26)29(35)28(27)36-22-23-9-3-1-4-10-23/h1-14,20H,15-18,21-22H2. The number of para-hydroxylation sites is 1. The van der Waals surface area contributed by atoms with Crippen LogP contribution in [-0.4, -0.2) is 40.9 Å². The molecule has 0 unspecified atom stereocenters. The van der Waals surface area contributed by atoms with Gasteiger partial charge in [-0.05, 0) is 29.3 Å². The Morgan fingerprint density at radius 1 is 0.861 bits per heavy atom. The molecule has 36 heavy (non-hydrogen) atoms. The molecule has 4 aromatic rings. The molecule has 0 saturated carbocycles. The van der Waals surface area contributed by atoms with E-state index < -0.39 is 0 Å². The normalized spacial score (nSPS) is 13.8. The second-order valence-corrected chi connectivity index (χ2v) is 8.72. The average molecular weight is 478 g/mol. The second kappa shape index (κ2) is 10.9. The van der Waals surface area contributed by atoms with Crippen LogP contribution in [-0.2, 0) is 13.2 Å². The summed E-state index contributed by atoms with van der Waals surface area (Å²) in [6.45, 7) is 4.09. The van der Waals surface area contributed by atoms with E-state index in [2.05, 4.69) is 21.0 Å². The number of hydrogen-bond donors (Lipinski definition) is 0. The van der Waals surface area contributed by atoms with Crippen LogP contribution in [0.4, 0.5) is 5.69 Å². The molecule has 2 heterocycles. The zero-order chi connectivity index (χ0) is 24.7. The maximum absolute atomic E-state index is 13.5. The van der Waals surface area contributed by atoms with Crippen LogP contribution in [0.25, 0.3) is 5.69 Å². The van der Waals surface area contributed by atoms with Gasteiger partial charge < -0.3 is 9.64 Å². The van der Waals surface area contributed by atoms with Gasteiger partial charge in [0.05, 0.1) is 23.5 Å². The van der Waals surface area contributed by atoms with E-state index in [0.29, 0.717) is 29.3 Å². The van der Waals surface area contributed by atoms with Crippen LogP contribution in [0.3, 0.4) is 0 Å². The number of anilines is 1. The highest BCUT2D eigenvalue weighted by molar-refractivity contribution is 5.57. The van der Waals surface area contributed by atoms with Crippen LogP contribution < -0.4 is 15.2 Å². The Hall–Kier alpha value is -4.41. The first-order chi connectivity index (χ1) is 17.7. The van der Waals surface area contributed by atoms with E-state index >= 15 is 0 Å². The molecule has 0 amide bonds. The van der Waals surface area contributed by atoms with Crippen molar-refractivity contribution < 1.29 is 4.74 Å². The van der Waals surface area contributed by atoms with Crippen molar-refractivity contribution in [1.29, 1.82) is 5.26 Å². The van der Waals surface area contributed by atoms with Gasteiger partial charge in [0.1, 0.15) is 12.3 Å². The van der Waals surface area contributed by atoms with Crippen molar-refractivity contribution in [3.05, 3.63) is 118 Å². The van der Waals surface area contributed by atoms with Gasteiger partial charge in [0.15, 0.2) is 0 Å². The summed E-state index contributed by atoms with van der Waals surface area (Å²) in [5.41, 5.74) is 3.87. The van der Waals surface area contributed by atoms with E-state index in [-0.39, 0.29) is 5.56 Å². The largest absolute Gasteiger partial charge is 0.481 e. The molecule has 0 aliphatic carbocycles. The van der Waals surface area contributed by atoms with Crippen molar-refractivity contribution in [3.63, 3.8) is 0 Å². The number of aromatic nitrogens is 2. The topological polar surface area (TPSA) is 74.4 Å². The first-order valence-corrected chi connectivity index (χ1v) is 12.0. The van der Waals surface area contributed by atoms with Crippen molar-refractivity contribution in [2.75, 3.05) is 31.1 Å². The van der Waals surface area contributed by atoms with E-state index in [1.54, 1.807) is 6.20 Å². The minimum atomic E-state index is -0.278. The highest BCUT2D eigenvalue weighted by atomic mass is 16.5. The number of rotatable bonds is 7. The van der Waals surface area contributed by atoms with Gasteiger partial charge in [-0.25, -0.2) is 0 Å². The van der Waals surface area contributed by atoms with Gasteiger partial charge in [0.25, 0.3) is 0 Å². The molecule has 0 spiro atoms. The summed E-state index contributed by atoms with van der Waals surface area (Å²) in [6.07, 6.45) is 1.73. The fraction of sp³-hybridized carbons (Fsp3) is 0.207. The maximum Gasteiger partial charge on any atom is 0.316 e. The minimum absolute atomic E-state index is 0.278. The fourth-order valence-electron chi connectivity index (χ4n) is 4.43. The maximum atomic E-state index is 13.5. The molecule has 0 bridgehead atoms. The quantitative estimate of drug-likeness (QED) is 0.401. The third-order valence-corrected chi connectivity index (χ3v) is 6.39. The zero-order valence-corrected chi connectivity index (χ0v) is 20.0. The van der Waals surface area contributed by atoms with E-state index in [1.807, 2.05) is 84.9 Å². The van der Waals surface area contributed by atoms with Crippen LogP contribution in [0.5, 0.6) is 5.75 Å². The Labute approximate surface area is 210 Å². The van der Waals surface area contributed by atoms with Crippen molar-refractivity contribution in [2.24, 2.45) is 0 Å². The molecule has 5 rings (SSSR count).